The van der Waals surface area contributed by atoms with Gasteiger partial charge in [0, 0.05) is 12.4 Å². The highest BCUT2D eigenvalue weighted by atomic mass is 127. The topological polar surface area (TPSA) is 24.7 Å². The van der Waals surface area contributed by atoms with Crippen LogP contribution in [0.2, 0.25) is 0 Å². The zero-order chi connectivity index (χ0) is 4.41. The quantitative estimate of drug-likeness (QED) is 0.405. The van der Waals surface area contributed by atoms with Crippen molar-refractivity contribution in [2.24, 2.45) is 9.98 Å². The molecule has 0 aromatic rings. The Morgan fingerprint density at radius 3 is 2.00 bits per heavy atom. The average Bonchev–Trinajstić information content (AvgIpc) is 1.86. The summed E-state index contributed by atoms with van der Waals surface area (Å²) in [5.41, 5.74) is 0. The predicted molar refractivity (Wildman–Crippen MR) is 34.2 cm³/mol. The first-order valence-electron chi connectivity index (χ1n) is 1.49. The van der Waals surface area contributed by atoms with E-state index < -0.39 is 0 Å². The lowest BCUT2D eigenvalue weighted by molar-refractivity contribution is 1.27. The maximum atomic E-state index is 3.79. The SMILES string of the molecule is I[C]1N=CC=N1. The van der Waals surface area contributed by atoms with Gasteiger partial charge in [-0.2, -0.15) is 0 Å². The molecule has 31 valence electrons. The molecule has 2 nitrogen and oxygen atoms in total. The molecule has 6 heavy (non-hydrogen) atoms. The van der Waals surface area contributed by atoms with Crippen molar-refractivity contribution in [3.63, 3.8) is 0 Å². The Kier molecular flexibility index (Phi) is 1.19. The third-order valence-corrected chi connectivity index (χ3v) is 0.986. The van der Waals surface area contributed by atoms with Crippen LogP contribution in [0.5, 0.6) is 0 Å². The minimum absolute atomic E-state index is 0.813. The van der Waals surface area contributed by atoms with Gasteiger partial charge >= 0.3 is 0 Å². The molecule has 0 atom stereocenters. The molecule has 0 saturated heterocycles. The summed E-state index contributed by atoms with van der Waals surface area (Å²) in [5, 5.41) is 0. The number of hydrogen-bond donors (Lipinski definition) is 0. The van der Waals surface area contributed by atoms with Crippen LogP contribution >= 0.6 is 22.6 Å². The standard InChI is InChI=1S/C3H2IN2/c4-3-5-1-2-6-3/h1-2H. The lowest BCUT2D eigenvalue weighted by Crippen LogP contribution is -1.60. The molecule has 0 bridgehead atoms. The molecule has 0 aliphatic carbocycles. The molecule has 1 rings (SSSR count). The highest BCUT2D eigenvalue weighted by Crippen LogP contribution is 2.14. The van der Waals surface area contributed by atoms with E-state index in [9.17, 15) is 0 Å². The van der Waals surface area contributed by atoms with Gasteiger partial charge in [-0.3, -0.25) is 0 Å². The Hall–Kier alpha value is 0.0700. The van der Waals surface area contributed by atoms with E-state index in [0.717, 1.165) is 4.17 Å². The van der Waals surface area contributed by atoms with Crippen LogP contribution in [0.4, 0.5) is 0 Å². The van der Waals surface area contributed by atoms with E-state index in [0.29, 0.717) is 0 Å². The molecule has 0 N–H and O–H groups in total. The molecule has 0 aromatic heterocycles. The van der Waals surface area contributed by atoms with Crippen LogP contribution in [0.15, 0.2) is 9.98 Å². The molecule has 0 spiro atoms. The molecule has 3 heteroatoms. The van der Waals surface area contributed by atoms with Gasteiger partial charge in [-0.1, -0.05) is 0 Å². The Labute approximate surface area is 49.5 Å². The Morgan fingerprint density at radius 2 is 1.83 bits per heavy atom. The molecular weight excluding hydrogens is 191 g/mol. The Balaban J connectivity index is 2.60. The zero-order valence-electron chi connectivity index (χ0n) is 2.93. The van der Waals surface area contributed by atoms with Gasteiger partial charge in [-0.15, -0.1) is 0 Å². The summed E-state index contributed by atoms with van der Waals surface area (Å²) in [6, 6.07) is 0. The van der Waals surface area contributed by atoms with Gasteiger partial charge in [0.05, 0.1) is 0 Å². The van der Waals surface area contributed by atoms with E-state index in [2.05, 4.69) is 32.6 Å². The van der Waals surface area contributed by atoms with Crippen molar-refractivity contribution in [3.05, 3.63) is 4.17 Å². The monoisotopic (exact) mass is 193 g/mol. The lowest BCUT2D eigenvalue weighted by Gasteiger charge is -1.78. The van der Waals surface area contributed by atoms with E-state index in [1.54, 1.807) is 12.4 Å². The Bertz CT molecular complexity index is 85.0. The van der Waals surface area contributed by atoms with Crippen molar-refractivity contribution >= 4 is 35.0 Å². The number of hydrogen-bond acceptors (Lipinski definition) is 2. The fraction of sp³-hybridized carbons (Fsp3) is 0. The summed E-state index contributed by atoms with van der Waals surface area (Å²) in [7, 11) is 0. The second kappa shape index (κ2) is 1.68. The first-order valence-corrected chi connectivity index (χ1v) is 2.56. The highest BCUT2D eigenvalue weighted by molar-refractivity contribution is 14.1. The van der Waals surface area contributed by atoms with Crippen LogP contribution in [0, 0.1) is 4.17 Å². The van der Waals surface area contributed by atoms with Gasteiger partial charge in [0.15, 0.2) is 0 Å². The van der Waals surface area contributed by atoms with Gasteiger partial charge < -0.3 is 0 Å². The number of rotatable bonds is 0. The highest BCUT2D eigenvalue weighted by Gasteiger charge is 1.96. The van der Waals surface area contributed by atoms with E-state index in [1.807, 2.05) is 0 Å². The van der Waals surface area contributed by atoms with E-state index >= 15 is 0 Å². The summed E-state index contributed by atoms with van der Waals surface area (Å²) >= 11 is 2.05. The van der Waals surface area contributed by atoms with Crippen molar-refractivity contribution in [1.29, 1.82) is 0 Å². The third kappa shape index (κ3) is 0.767. The third-order valence-electron chi connectivity index (χ3n) is 0.429. The van der Waals surface area contributed by atoms with Crippen LogP contribution in [0.1, 0.15) is 0 Å². The molecule has 0 amide bonds. The van der Waals surface area contributed by atoms with Gasteiger partial charge in [-0.05, 0) is 22.6 Å². The largest absolute Gasteiger partial charge is 0.256 e. The molecule has 0 fully saturated rings. The molecule has 1 radical (unpaired) electrons. The summed E-state index contributed by atoms with van der Waals surface area (Å²) in [6.45, 7) is 0. The van der Waals surface area contributed by atoms with Crippen molar-refractivity contribution in [3.8, 4) is 0 Å². The lowest BCUT2D eigenvalue weighted by atomic mass is 10.9. The number of aliphatic imine (C=N–C) groups is 2. The fourth-order valence-corrected chi connectivity index (χ4v) is 0.545. The smallest absolute Gasteiger partial charge is 0.247 e. The maximum absolute atomic E-state index is 3.79. The van der Waals surface area contributed by atoms with Crippen LogP contribution in [-0.2, 0) is 0 Å². The Morgan fingerprint density at radius 1 is 1.33 bits per heavy atom. The predicted octanol–water partition coefficient (Wildman–Crippen LogP) is 1.02. The molecular formula is C3H2IN2. The molecule has 1 aliphatic heterocycles. The zero-order valence-corrected chi connectivity index (χ0v) is 5.08. The van der Waals surface area contributed by atoms with Gasteiger partial charge in [-0.25, -0.2) is 9.98 Å². The molecule has 0 aromatic carbocycles. The fourth-order valence-electron chi connectivity index (χ4n) is 0.223. The maximum Gasteiger partial charge on any atom is 0.256 e. The van der Waals surface area contributed by atoms with Crippen LogP contribution in [0.3, 0.4) is 0 Å². The minimum Gasteiger partial charge on any atom is -0.247 e. The summed E-state index contributed by atoms with van der Waals surface area (Å²) in [4.78, 5) is 7.58. The van der Waals surface area contributed by atoms with E-state index in [-0.39, 0.29) is 0 Å². The van der Waals surface area contributed by atoms with Crippen molar-refractivity contribution in [2.45, 2.75) is 0 Å². The van der Waals surface area contributed by atoms with Gasteiger partial charge in [0.2, 0.25) is 0 Å². The molecule has 0 saturated carbocycles. The first kappa shape index (κ1) is 4.23. The normalized spacial score (nSPS) is 20.2. The minimum atomic E-state index is 0.813. The molecule has 0 unspecified atom stereocenters. The van der Waals surface area contributed by atoms with E-state index in [1.165, 1.54) is 0 Å². The van der Waals surface area contributed by atoms with Crippen molar-refractivity contribution in [2.75, 3.05) is 0 Å². The number of nitrogens with zero attached hydrogens (tertiary/aromatic N) is 2. The first-order chi connectivity index (χ1) is 2.89. The second-order valence-electron chi connectivity index (χ2n) is 0.825. The summed E-state index contributed by atoms with van der Waals surface area (Å²) < 4.78 is 0.813. The molecule has 1 aliphatic rings. The van der Waals surface area contributed by atoms with Crippen LogP contribution in [-0.4, -0.2) is 12.4 Å². The van der Waals surface area contributed by atoms with Crippen molar-refractivity contribution in [1.82, 2.24) is 0 Å². The molecule has 1 heterocycles. The van der Waals surface area contributed by atoms with Crippen molar-refractivity contribution < 1.29 is 0 Å². The average molecular weight is 193 g/mol. The van der Waals surface area contributed by atoms with Crippen LogP contribution < -0.4 is 0 Å². The number of halogens is 1. The van der Waals surface area contributed by atoms with Crippen LogP contribution in [0.25, 0.3) is 0 Å². The second-order valence-corrected chi connectivity index (χ2v) is 1.79. The van der Waals surface area contributed by atoms with Gasteiger partial charge in [0.1, 0.15) is 0 Å². The summed E-state index contributed by atoms with van der Waals surface area (Å²) in [5.74, 6) is 0. The van der Waals surface area contributed by atoms with Gasteiger partial charge in [0.25, 0.3) is 4.17 Å². The summed E-state index contributed by atoms with van der Waals surface area (Å²) in [6.07, 6.45) is 3.34. The van der Waals surface area contributed by atoms with E-state index in [4.69, 9.17) is 0 Å².